The fourth-order valence-corrected chi connectivity index (χ4v) is 2.63. The Balaban J connectivity index is 2.15. The lowest BCUT2D eigenvalue weighted by atomic mass is 10.0. The van der Waals surface area contributed by atoms with Crippen LogP contribution in [0.15, 0.2) is 40.9 Å². The van der Waals surface area contributed by atoms with Gasteiger partial charge in [0.1, 0.15) is 11.5 Å². The summed E-state index contributed by atoms with van der Waals surface area (Å²) in [5.74, 6) is 1.56. The minimum Gasteiger partial charge on any atom is -0.456 e. The van der Waals surface area contributed by atoms with Crippen LogP contribution in [-0.4, -0.2) is 6.04 Å². The van der Waals surface area contributed by atoms with E-state index in [1.165, 1.54) is 5.56 Å². The Bertz CT molecular complexity index is 630. The van der Waals surface area contributed by atoms with Gasteiger partial charge in [0.15, 0.2) is 0 Å². The molecule has 0 saturated heterocycles. The van der Waals surface area contributed by atoms with Gasteiger partial charge in [0.05, 0.1) is 4.47 Å². The summed E-state index contributed by atoms with van der Waals surface area (Å²) in [5, 5.41) is 0.741. The van der Waals surface area contributed by atoms with Crippen molar-refractivity contribution in [2.24, 2.45) is 5.73 Å². The summed E-state index contributed by atoms with van der Waals surface area (Å²) in [6, 6.07) is 11.9. The summed E-state index contributed by atoms with van der Waals surface area (Å²) in [5.41, 5.74) is 8.19. The molecule has 2 aromatic rings. The summed E-state index contributed by atoms with van der Waals surface area (Å²) < 4.78 is 6.82. The molecule has 0 bridgehead atoms. The smallest absolute Gasteiger partial charge is 0.141 e. The van der Waals surface area contributed by atoms with Gasteiger partial charge in [0, 0.05) is 11.1 Å². The van der Waals surface area contributed by atoms with E-state index < -0.39 is 0 Å². The molecule has 0 aliphatic carbocycles. The van der Waals surface area contributed by atoms with Gasteiger partial charge in [-0.05, 0) is 77.2 Å². The van der Waals surface area contributed by atoms with Crippen LogP contribution in [0.3, 0.4) is 0 Å². The summed E-state index contributed by atoms with van der Waals surface area (Å²) in [6.07, 6.45) is 1.84. The van der Waals surface area contributed by atoms with E-state index in [0.29, 0.717) is 0 Å². The summed E-state index contributed by atoms with van der Waals surface area (Å²) in [4.78, 5) is 0. The molecule has 0 spiro atoms. The second-order valence-electron chi connectivity index (χ2n) is 5.15. The molecule has 2 nitrogen and oxygen atoms in total. The Morgan fingerprint density at radius 1 is 1.24 bits per heavy atom. The zero-order chi connectivity index (χ0) is 15.4. The van der Waals surface area contributed by atoms with Crippen molar-refractivity contribution in [2.75, 3.05) is 0 Å². The first kappa shape index (κ1) is 16.3. The topological polar surface area (TPSA) is 35.2 Å². The van der Waals surface area contributed by atoms with Gasteiger partial charge in [-0.1, -0.05) is 24.6 Å². The van der Waals surface area contributed by atoms with Gasteiger partial charge < -0.3 is 10.5 Å². The lowest BCUT2D eigenvalue weighted by molar-refractivity contribution is 0.479. The average molecular weight is 369 g/mol. The third-order valence-electron chi connectivity index (χ3n) is 3.38. The monoisotopic (exact) mass is 367 g/mol. The first-order chi connectivity index (χ1) is 9.99. The molecular formula is C17H19BrClNO. The highest BCUT2D eigenvalue weighted by Gasteiger charge is 2.07. The largest absolute Gasteiger partial charge is 0.456 e. The maximum Gasteiger partial charge on any atom is 0.141 e. The van der Waals surface area contributed by atoms with E-state index in [4.69, 9.17) is 22.1 Å². The van der Waals surface area contributed by atoms with Crippen LogP contribution in [-0.2, 0) is 6.42 Å². The molecule has 0 radical (unpaired) electrons. The molecular weight excluding hydrogens is 350 g/mol. The number of benzene rings is 2. The first-order valence-electron chi connectivity index (χ1n) is 6.97. The minimum atomic E-state index is 0.197. The molecule has 0 amide bonds. The van der Waals surface area contributed by atoms with Crippen molar-refractivity contribution in [1.29, 1.82) is 0 Å². The van der Waals surface area contributed by atoms with Crippen molar-refractivity contribution >= 4 is 27.5 Å². The van der Waals surface area contributed by atoms with Crippen LogP contribution in [0.2, 0.25) is 5.02 Å². The van der Waals surface area contributed by atoms with E-state index in [-0.39, 0.29) is 6.04 Å². The van der Waals surface area contributed by atoms with Gasteiger partial charge in [-0.3, -0.25) is 0 Å². The first-order valence-corrected chi connectivity index (χ1v) is 8.14. The van der Waals surface area contributed by atoms with Gasteiger partial charge in [-0.2, -0.15) is 0 Å². The maximum atomic E-state index is 6.02. The fourth-order valence-electron chi connectivity index (χ4n) is 2.01. The number of hydrogen-bond acceptors (Lipinski definition) is 2. The Kier molecular flexibility index (Phi) is 5.68. The lowest BCUT2D eigenvalue weighted by Crippen LogP contribution is -2.21. The van der Waals surface area contributed by atoms with Crippen molar-refractivity contribution in [1.82, 2.24) is 0 Å². The fraction of sp³-hybridized carbons (Fsp3) is 0.294. The van der Waals surface area contributed by atoms with E-state index in [9.17, 15) is 0 Å². The van der Waals surface area contributed by atoms with Crippen LogP contribution in [0, 0.1) is 6.92 Å². The molecule has 0 saturated carbocycles. The quantitative estimate of drug-likeness (QED) is 0.758. The number of hydrogen-bond donors (Lipinski definition) is 1. The van der Waals surface area contributed by atoms with Gasteiger partial charge in [0.25, 0.3) is 0 Å². The lowest BCUT2D eigenvalue weighted by Gasteiger charge is -2.12. The number of rotatable bonds is 5. The van der Waals surface area contributed by atoms with Crippen LogP contribution < -0.4 is 10.5 Å². The SMILES string of the molecule is CCC(N)Cc1ccc(Oc2ccc(Cl)c(C)c2)c(Br)c1. The van der Waals surface area contributed by atoms with Crippen molar-refractivity contribution < 1.29 is 4.74 Å². The highest BCUT2D eigenvalue weighted by atomic mass is 79.9. The van der Waals surface area contributed by atoms with Crippen LogP contribution in [0.25, 0.3) is 0 Å². The zero-order valence-electron chi connectivity index (χ0n) is 12.2. The highest BCUT2D eigenvalue weighted by molar-refractivity contribution is 9.10. The van der Waals surface area contributed by atoms with E-state index >= 15 is 0 Å². The van der Waals surface area contributed by atoms with Crippen molar-refractivity contribution in [3.63, 3.8) is 0 Å². The molecule has 2 rings (SSSR count). The Labute approximate surface area is 139 Å². The predicted molar refractivity (Wildman–Crippen MR) is 92.4 cm³/mol. The predicted octanol–water partition coefficient (Wildman–Crippen LogP) is 5.48. The molecule has 0 aliphatic rings. The molecule has 0 fully saturated rings. The summed E-state index contributed by atoms with van der Waals surface area (Å²) >= 11 is 9.58. The molecule has 1 unspecified atom stereocenters. The highest BCUT2D eigenvalue weighted by Crippen LogP contribution is 2.32. The standard InChI is InChI=1S/C17H19BrClNO/c1-3-13(20)9-12-4-7-17(15(18)10-12)21-14-5-6-16(19)11(2)8-14/h4-8,10,13H,3,9,20H2,1-2H3. The maximum absolute atomic E-state index is 6.02. The Hall–Kier alpha value is -1.03. The molecule has 2 N–H and O–H groups in total. The third-order valence-corrected chi connectivity index (χ3v) is 4.42. The van der Waals surface area contributed by atoms with Crippen molar-refractivity contribution in [3.05, 3.63) is 57.0 Å². The molecule has 1 atom stereocenters. The number of ether oxygens (including phenoxy) is 1. The molecule has 112 valence electrons. The zero-order valence-corrected chi connectivity index (χ0v) is 14.5. The van der Waals surface area contributed by atoms with Crippen LogP contribution in [0.1, 0.15) is 24.5 Å². The Morgan fingerprint density at radius 2 is 2.00 bits per heavy atom. The molecule has 0 heterocycles. The van der Waals surface area contributed by atoms with Crippen LogP contribution in [0.5, 0.6) is 11.5 Å². The van der Waals surface area contributed by atoms with Crippen molar-refractivity contribution in [2.45, 2.75) is 32.7 Å². The van der Waals surface area contributed by atoms with Gasteiger partial charge in [-0.15, -0.1) is 0 Å². The number of halogens is 2. The molecule has 0 aliphatic heterocycles. The minimum absolute atomic E-state index is 0.197. The van der Waals surface area contributed by atoms with Crippen molar-refractivity contribution in [3.8, 4) is 11.5 Å². The van der Waals surface area contributed by atoms with Crippen LogP contribution in [0.4, 0.5) is 0 Å². The molecule has 4 heteroatoms. The number of nitrogens with two attached hydrogens (primary N) is 1. The third kappa shape index (κ3) is 4.47. The summed E-state index contributed by atoms with van der Waals surface area (Å²) in [6.45, 7) is 4.06. The normalized spacial score (nSPS) is 12.2. The molecule has 2 aromatic carbocycles. The van der Waals surface area contributed by atoms with Gasteiger partial charge in [0.2, 0.25) is 0 Å². The van der Waals surface area contributed by atoms with Crippen LogP contribution >= 0.6 is 27.5 Å². The second kappa shape index (κ2) is 7.30. The number of aryl methyl sites for hydroxylation is 1. The summed E-state index contributed by atoms with van der Waals surface area (Å²) in [7, 11) is 0. The molecule has 21 heavy (non-hydrogen) atoms. The van der Waals surface area contributed by atoms with Gasteiger partial charge in [-0.25, -0.2) is 0 Å². The van der Waals surface area contributed by atoms with E-state index in [1.807, 2.05) is 31.2 Å². The Morgan fingerprint density at radius 3 is 2.62 bits per heavy atom. The molecule has 0 aromatic heterocycles. The second-order valence-corrected chi connectivity index (χ2v) is 6.41. The van der Waals surface area contributed by atoms with E-state index in [0.717, 1.165) is 39.4 Å². The van der Waals surface area contributed by atoms with E-state index in [1.54, 1.807) is 0 Å². The average Bonchev–Trinajstić information content (AvgIpc) is 2.45. The van der Waals surface area contributed by atoms with E-state index in [2.05, 4.69) is 35.0 Å². The van der Waals surface area contributed by atoms with Gasteiger partial charge >= 0.3 is 0 Å².